The Morgan fingerprint density at radius 2 is 1.95 bits per heavy atom. The molecule has 0 radical (unpaired) electrons. The van der Waals surface area contributed by atoms with Gasteiger partial charge in [0.15, 0.2) is 0 Å². The van der Waals surface area contributed by atoms with E-state index in [2.05, 4.69) is 0 Å². The standard InChI is InChI=1S/C19H22O3/c1-4-22-12(3)17-10-14(20)9-13-5-6-15-11(2)18(21)8-7-16(15)19(13)17/h7-10,12,20-21H,4-6H2,1-3H3/t12-/m1/s1. The molecular formula is C19H22O3. The van der Waals surface area contributed by atoms with Crippen molar-refractivity contribution in [3.05, 3.63) is 46.5 Å². The zero-order valence-electron chi connectivity index (χ0n) is 13.3. The summed E-state index contributed by atoms with van der Waals surface area (Å²) in [7, 11) is 0. The van der Waals surface area contributed by atoms with Crippen molar-refractivity contribution in [1.29, 1.82) is 0 Å². The Kier molecular flexibility index (Phi) is 3.83. The molecule has 0 bridgehead atoms. The number of hydrogen-bond acceptors (Lipinski definition) is 3. The lowest BCUT2D eigenvalue weighted by atomic mass is 9.80. The highest BCUT2D eigenvalue weighted by molar-refractivity contribution is 5.79. The maximum atomic E-state index is 10.0. The molecule has 2 aromatic carbocycles. The molecule has 22 heavy (non-hydrogen) atoms. The number of aryl methyl sites for hydroxylation is 1. The summed E-state index contributed by atoms with van der Waals surface area (Å²) in [5.41, 5.74) is 6.62. The number of rotatable bonds is 3. The second-order valence-electron chi connectivity index (χ2n) is 5.90. The third kappa shape index (κ3) is 2.35. The molecule has 116 valence electrons. The maximum absolute atomic E-state index is 10.0. The van der Waals surface area contributed by atoms with Crippen LogP contribution >= 0.6 is 0 Å². The summed E-state index contributed by atoms with van der Waals surface area (Å²) in [4.78, 5) is 0. The van der Waals surface area contributed by atoms with Gasteiger partial charge in [-0.25, -0.2) is 0 Å². The highest BCUT2D eigenvalue weighted by Crippen LogP contribution is 2.43. The first kappa shape index (κ1) is 14.9. The second kappa shape index (κ2) is 5.65. The van der Waals surface area contributed by atoms with Gasteiger partial charge in [0.2, 0.25) is 0 Å². The minimum absolute atomic E-state index is 0.0779. The summed E-state index contributed by atoms with van der Waals surface area (Å²) in [5, 5.41) is 20.0. The minimum atomic E-state index is -0.0779. The van der Waals surface area contributed by atoms with Gasteiger partial charge < -0.3 is 14.9 Å². The van der Waals surface area contributed by atoms with Gasteiger partial charge in [-0.1, -0.05) is 6.07 Å². The van der Waals surface area contributed by atoms with Crippen LogP contribution in [0, 0.1) is 6.92 Å². The van der Waals surface area contributed by atoms with Crippen molar-refractivity contribution < 1.29 is 14.9 Å². The Morgan fingerprint density at radius 1 is 1.18 bits per heavy atom. The van der Waals surface area contributed by atoms with Crippen LogP contribution in [0.3, 0.4) is 0 Å². The van der Waals surface area contributed by atoms with Gasteiger partial charge in [0.05, 0.1) is 6.10 Å². The van der Waals surface area contributed by atoms with Gasteiger partial charge in [-0.3, -0.25) is 0 Å². The summed E-state index contributed by atoms with van der Waals surface area (Å²) in [6.45, 7) is 6.58. The zero-order chi connectivity index (χ0) is 15.9. The summed E-state index contributed by atoms with van der Waals surface area (Å²) in [5.74, 6) is 0.639. The Morgan fingerprint density at radius 3 is 2.68 bits per heavy atom. The van der Waals surface area contributed by atoms with E-state index in [0.717, 1.165) is 40.7 Å². The fraction of sp³-hybridized carbons (Fsp3) is 0.368. The molecule has 3 heteroatoms. The summed E-state index contributed by atoms with van der Waals surface area (Å²) in [6, 6.07) is 7.39. The molecule has 0 aliphatic heterocycles. The molecule has 3 rings (SSSR count). The molecule has 0 aromatic heterocycles. The summed E-state index contributed by atoms with van der Waals surface area (Å²) >= 11 is 0. The Labute approximate surface area is 131 Å². The number of phenols is 2. The van der Waals surface area contributed by atoms with Crippen molar-refractivity contribution in [3.63, 3.8) is 0 Å². The number of phenolic OH excluding ortho intramolecular Hbond substituents is 2. The van der Waals surface area contributed by atoms with Gasteiger partial charge in [-0.15, -0.1) is 0 Å². The van der Waals surface area contributed by atoms with Crippen molar-refractivity contribution in [2.75, 3.05) is 6.61 Å². The monoisotopic (exact) mass is 298 g/mol. The predicted octanol–water partition coefficient (Wildman–Crippen LogP) is 4.27. The van der Waals surface area contributed by atoms with E-state index in [0.29, 0.717) is 18.1 Å². The Hall–Kier alpha value is -2.00. The van der Waals surface area contributed by atoms with Crippen molar-refractivity contribution in [1.82, 2.24) is 0 Å². The third-order valence-corrected chi connectivity index (χ3v) is 4.57. The zero-order valence-corrected chi connectivity index (χ0v) is 13.3. The van der Waals surface area contributed by atoms with Crippen LogP contribution in [0.2, 0.25) is 0 Å². The van der Waals surface area contributed by atoms with Crippen molar-refractivity contribution in [3.8, 4) is 22.6 Å². The van der Waals surface area contributed by atoms with Gasteiger partial charge in [0, 0.05) is 6.61 Å². The first-order valence-electron chi connectivity index (χ1n) is 7.82. The molecule has 1 atom stereocenters. The van der Waals surface area contributed by atoms with Gasteiger partial charge in [0.1, 0.15) is 11.5 Å². The number of hydrogen-bond donors (Lipinski definition) is 2. The molecule has 2 aromatic rings. The average molecular weight is 298 g/mol. The van der Waals surface area contributed by atoms with Crippen LogP contribution < -0.4 is 0 Å². The SMILES string of the molecule is CCO[C@H](C)c1cc(O)cc2c1-c1ccc(O)c(C)c1CC2. The molecule has 3 nitrogen and oxygen atoms in total. The fourth-order valence-electron chi connectivity index (χ4n) is 3.46. The van der Waals surface area contributed by atoms with Gasteiger partial charge >= 0.3 is 0 Å². The van der Waals surface area contributed by atoms with E-state index in [1.165, 1.54) is 5.56 Å². The first-order chi connectivity index (χ1) is 10.5. The number of fused-ring (bicyclic) bond motifs is 3. The predicted molar refractivity (Wildman–Crippen MR) is 87.4 cm³/mol. The van der Waals surface area contributed by atoms with Crippen LogP contribution in [0.15, 0.2) is 24.3 Å². The Bertz CT molecular complexity index is 719. The first-order valence-corrected chi connectivity index (χ1v) is 7.82. The van der Waals surface area contributed by atoms with Crippen LogP contribution in [-0.2, 0) is 17.6 Å². The van der Waals surface area contributed by atoms with Gasteiger partial charge in [-0.05, 0) is 85.2 Å². The molecule has 0 amide bonds. The smallest absolute Gasteiger partial charge is 0.118 e. The van der Waals surface area contributed by atoms with E-state index in [9.17, 15) is 10.2 Å². The molecule has 0 unspecified atom stereocenters. The highest BCUT2D eigenvalue weighted by atomic mass is 16.5. The largest absolute Gasteiger partial charge is 0.508 e. The van der Waals surface area contributed by atoms with Crippen molar-refractivity contribution in [2.24, 2.45) is 0 Å². The van der Waals surface area contributed by atoms with Gasteiger partial charge in [-0.2, -0.15) is 0 Å². The number of benzene rings is 2. The lowest BCUT2D eigenvalue weighted by Crippen LogP contribution is -2.11. The second-order valence-corrected chi connectivity index (χ2v) is 5.90. The lowest BCUT2D eigenvalue weighted by Gasteiger charge is -2.27. The molecule has 0 saturated carbocycles. The van der Waals surface area contributed by atoms with E-state index in [1.807, 2.05) is 32.9 Å². The molecule has 0 fully saturated rings. The van der Waals surface area contributed by atoms with Crippen LogP contribution in [0.4, 0.5) is 0 Å². The van der Waals surface area contributed by atoms with Crippen LogP contribution in [-0.4, -0.2) is 16.8 Å². The molecule has 1 aliphatic carbocycles. The van der Waals surface area contributed by atoms with E-state index >= 15 is 0 Å². The quantitative estimate of drug-likeness (QED) is 0.889. The van der Waals surface area contributed by atoms with Crippen molar-refractivity contribution in [2.45, 2.75) is 39.7 Å². The Balaban J connectivity index is 2.25. The molecule has 1 aliphatic rings. The topological polar surface area (TPSA) is 49.7 Å². The molecule has 2 N–H and O–H groups in total. The molecular weight excluding hydrogens is 276 g/mol. The maximum Gasteiger partial charge on any atom is 0.118 e. The fourth-order valence-corrected chi connectivity index (χ4v) is 3.46. The third-order valence-electron chi connectivity index (χ3n) is 4.57. The van der Waals surface area contributed by atoms with Crippen molar-refractivity contribution >= 4 is 0 Å². The van der Waals surface area contributed by atoms with E-state index in [1.54, 1.807) is 12.1 Å². The average Bonchev–Trinajstić information content (AvgIpc) is 2.49. The van der Waals surface area contributed by atoms with E-state index in [-0.39, 0.29) is 6.10 Å². The highest BCUT2D eigenvalue weighted by Gasteiger charge is 2.24. The van der Waals surface area contributed by atoms with Gasteiger partial charge in [0.25, 0.3) is 0 Å². The van der Waals surface area contributed by atoms with Crippen LogP contribution in [0.25, 0.3) is 11.1 Å². The lowest BCUT2D eigenvalue weighted by molar-refractivity contribution is 0.0765. The number of ether oxygens (including phenoxy) is 1. The summed E-state index contributed by atoms with van der Waals surface area (Å²) < 4.78 is 5.76. The number of aromatic hydroxyl groups is 2. The van der Waals surface area contributed by atoms with Crippen LogP contribution in [0.1, 0.15) is 42.2 Å². The van der Waals surface area contributed by atoms with E-state index < -0.39 is 0 Å². The van der Waals surface area contributed by atoms with Crippen LogP contribution in [0.5, 0.6) is 11.5 Å². The van der Waals surface area contributed by atoms with E-state index in [4.69, 9.17) is 4.74 Å². The molecule has 0 heterocycles. The normalized spacial score (nSPS) is 14.3. The minimum Gasteiger partial charge on any atom is -0.508 e. The molecule has 0 saturated heterocycles. The summed E-state index contributed by atoms with van der Waals surface area (Å²) in [6.07, 6.45) is 1.67. The molecule has 0 spiro atoms.